The van der Waals surface area contributed by atoms with E-state index in [-0.39, 0.29) is 0 Å². The molecule has 142 valence electrons. The van der Waals surface area contributed by atoms with E-state index >= 15 is 0 Å². The molecular formula is C22H20F2N4. The van der Waals surface area contributed by atoms with Crippen LogP contribution in [0.15, 0.2) is 42.5 Å². The first-order valence-electron chi connectivity index (χ1n) is 9.69. The number of para-hydroxylation sites is 1. The van der Waals surface area contributed by atoms with Crippen LogP contribution < -0.4 is 5.32 Å². The van der Waals surface area contributed by atoms with Crippen LogP contribution in [-0.4, -0.2) is 15.0 Å². The van der Waals surface area contributed by atoms with Gasteiger partial charge >= 0.3 is 0 Å². The Bertz CT molecular complexity index is 1140. The van der Waals surface area contributed by atoms with Gasteiger partial charge in [-0.15, -0.1) is 0 Å². The molecule has 1 aliphatic carbocycles. The number of anilines is 2. The van der Waals surface area contributed by atoms with Crippen molar-refractivity contribution in [2.75, 3.05) is 5.32 Å². The van der Waals surface area contributed by atoms with Crippen molar-refractivity contribution < 1.29 is 8.78 Å². The highest BCUT2D eigenvalue weighted by Crippen LogP contribution is 2.35. The van der Waals surface area contributed by atoms with E-state index in [1.54, 1.807) is 0 Å². The number of benzene rings is 2. The lowest BCUT2D eigenvalue weighted by Gasteiger charge is -2.19. The standard InChI is InChI=1S/C22H20F2N4/c23-14-10-15(24)12-16(11-14)25-22-20-19(17-8-4-5-9-18(17)26-22)27-21(28-20)13-6-2-1-3-7-13/h4-5,8-13H,1-3,6-7H2,(H,25,26)(H,27,28). The zero-order valence-corrected chi connectivity index (χ0v) is 15.3. The Hall–Kier alpha value is -3.02. The average Bonchev–Trinajstić information content (AvgIpc) is 3.14. The van der Waals surface area contributed by atoms with Gasteiger partial charge in [0, 0.05) is 23.1 Å². The molecule has 2 aromatic heterocycles. The normalized spacial score (nSPS) is 15.4. The fraction of sp³-hybridized carbons (Fsp3) is 0.273. The van der Waals surface area contributed by atoms with Crippen LogP contribution >= 0.6 is 0 Å². The van der Waals surface area contributed by atoms with Gasteiger partial charge in [0.2, 0.25) is 0 Å². The molecule has 1 aliphatic rings. The van der Waals surface area contributed by atoms with E-state index < -0.39 is 11.6 Å². The number of aromatic amines is 1. The van der Waals surface area contributed by atoms with Crippen LogP contribution in [0.1, 0.15) is 43.8 Å². The van der Waals surface area contributed by atoms with Gasteiger partial charge in [-0.05, 0) is 31.0 Å². The van der Waals surface area contributed by atoms with Crippen LogP contribution in [0.25, 0.3) is 21.9 Å². The Kier molecular flexibility index (Phi) is 4.19. The number of hydrogen-bond acceptors (Lipinski definition) is 3. The number of aromatic nitrogens is 3. The summed E-state index contributed by atoms with van der Waals surface area (Å²) in [6.45, 7) is 0. The summed E-state index contributed by atoms with van der Waals surface area (Å²) < 4.78 is 27.2. The second-order valence-corrected chi connectivity index (χ2v) is 7.44. The second-order valence-electron chi connectivity index (χ2n) is 7.44. The number of rotatable bonds is 3. The fourth-order valence-electron chi connectivity index (χ4n) is 4.13. The molecule has 0 saturated heterocycles. The fourth-order valence-corrected chi connectivity index (χ4v) is 4.13. The lowest BCUT2D eigenvalue weighted by molar-refractivity contribution is 0.431. The first-order valence-corrected chi connectivity index (χ1v) is 9.69. The van der Waals surface area contributed by atoms with Crippen LogP contribution in [0.4, 0.5) is 20.3 Å². The number of pyridine rings is 1. The van der Waals surface area contributed by atoms with Crippen molar-refractivity contribution >= 4 is 33.4 Å². The van der Waals surface area contributed by atoms with Gasteiger partial charge in [0.1, 0.15) is 28.5 Å². The number of nitrogens with zero attached hydrogens (tertiary/aromatic N) is 2. The molecule has 6 heteroatoms. The summed E-state index contributed by atoms with van der Waals surface area (Å²) in [5.41, 5.74) is 2.71. The number of H-pyrrole nitrogens is 1. The smallest absolute Gasteiger partial charge is 0.157 e. The van der Waals surface area contributed by atoms with Gasteiger partial charge in [0.15, 0.2) is 5.82 Å². The lowest BCUT2D eigenvalue weighted by atomic mass is 9.89. The van der Waals surface area contributed by atoms with Crippen molar-refractivity contribution in [1.29, 1.82) is 0 Å². The maximum absolute atomic E-state index is 13.6. The van der Waals surface area contributed by atoms with Crippen LogP contribution in [0, 0.1) is 11.6 Å². The molecule has 0 spiro atoms. The zero-order chi connectivity index (χ0) is 19.1. The Morgan fingerprint density at radius 1 is 0.929 bits per heavy atom. The molecule has 5 rings (SSSR count). The Morgan fingerprint density at radius 3 is 2.46 bits per heavy atom. The predicted molar refractivity (Wildman–Crippen MR) is 107 cm³/mol. The summed E-state index contributed by atoms with van der Waals surface area (Å²) >= 11 is 0. The molecule has 0 bridgehead atoms. The second kappa shape index (κ2) is 6.86. The van der Waals surface area contributed by atoms with E-state index in [2.05, 4.69) is 15.3 Å². The topological polar surface area (TPSA) is 53.6 Å². The first-order chi connectivity index (χ1) is 13.7. The zero-order valence-electron chi connectivity index (χ0n) is 15.3. The molecule has 0 atom stereocenters. The van der Waals surface area contributed by atoms with Crippen molar-refractivity contribution in [2.24, 2.45) is 0 Å². The van der Waals surface area contributed by atoms with Gasteiger partial charge < -0.3 is 10.3 Å². The van der Waals surface area contributed by atoms with E-state index in [9.17, 15) is 8.78 Å². The van der Waals surface area contributed by atoms with Gasteiger partial charge in [0.05, 0.1) is 5.52 Å². The quantitative estimate of drug-likeness (QED) is 0.447. The lowest BCUT2D eigenvalue weighted by Crippen LogP contribution is -2.06. The molecule has 0 aliphatic heterocycles. The van der Waals surface area contributed by atoms with E-state index in [1.165, 1.54) is 31.4 Å². The molecule has 4 nitrogen and oxygen atoms in total. The third-order valence-corrected chi connectivity index (χ3v) is 5.47. The molecule has 28 heavy (non-hydrogen) atoms. The summed E-state index contributed by atoms with van der Waals surface area (Å²) in [5, 5.41) is 4.04. The summed E-state index contributed by atoms with van der Waals surface area (Å²) in [7, 11) is 0. The highest BCUT2D eigenvalue weighted by molar-refractivity contribution is 6.07. The Morgan fingerprint density at radius 2 is 1.68 bits per heavy atom. The maximum Gasteiger partial charge on any atom is 0.157 e. The molecule has 0 unspecified atom stereocenters. The van der Waals surface area contributed by atoms with Crippen molar-refractivity contribution in [3.8, 4) is 0 Å². The molecule has 1 saturated carbocycles. The summed E-state index contributed by atoms with van der Waals surface area (Å²) in [4.78, 5) is 13.1. The van der Waals surface area contributed by atoms with E-state index in [0.717, 1.165) is 46.7 Å². The van der Waals surface area contributed by atoms with E-state index in [4.69, 9.17) is 4.98 Å². The predicted octanol–water partition coefficient (Wildman–Crippen LogP) is 6.18. The van der Waals surface area contributed by atoms with Crippen molar-refractivity contribution in [2.45, 2.75) is 38.0 Å². The van der Waals surface area contributed by atoms with Crippen LogP contribution in [0.5, 0.6) is 0 Å². The van der Waals surface area contributed by atoms with Gasteiger partial charge in [-0.2, -0.15) is 0 Å². The molecule has 0 amide bonds. The van der Waals surface area contributed by atoms with Crippen molar-refractivity contribution in [1.82, 2.24) is 15.0 Å². The molecule has 0 radical (unpaired) electrons. The van der Waals surface area contributed by atoms with Gasteiger partial charge in [0.25, 0.3) is 0 Å². The Labute approximate surface area is 161 Å². The monoisotopic (exact) mass is 378 g/mol. The highest BCUT2D eigenvalue weighted by Gasteiger charge is 2.21. The number of imidazole rings is 1. The molecule has 1 fully saturated rings. The number of hydrogen-bond donors (Lipinski definition) is 2. The Balaban J connectivity index is 1.66. The van der Waals surface area contributed by atoms with Crippen LogP contribution in [0.2, 0.25) is 0 Å². The minimum atomic E-state index is -0.632. The summed E-state index contributed by atoms with van der Waals surface area (Å²) in [6, 6.07) is 11.2. The van der Waals surface area contributed by atoms with Gasteiger partial charge in [-0.1, -0.05) is 37.5 Å². The minimum Gasteiger partial charge on any atom is -0.339 e. The summed E-state index contributed by atoms with van der Waals surface area (Å²) in [5.74, 6) is 0.646. The van der Waals surface area contributed by atoms with Gasteiger partial charge in [-0.3, -0.25) is 0 Å². The summed E-state index contributed by atoms with van der Waals surface area (Å²) in [6.07, 6.45) is 5.97. The molecule has 2 N–H and O–H groups in total. The third kappa shape index (κ3) is 3.09. The molecule has 4 aromatic rings. The average molecular weight is 378 g/mol. The van der Waals surface area contributed by atoms with Gasteiger partial charge in [-0.25, -0.2) is 18.7 Å². The highest BCUT2D eigenvalue weighted by atomic mass is 19.1. The minimum absolute atomic E-state index is 0.315. The number of halogens is 2. The van der Waals surface area contributed by atoms with Crippen LogP contribution in [0.3, 0.4) is 0 Å². The third-order valence-electron chi connectivity index (χ3n) is 5.47. The molecular weight excluding hydrogens is 358 g/mol. The molecule has 2 heterocycles. The SMILES string of the molecule is Fc1cc(F)cc(Nc2nc3ccccc3c3nc(C4CCCCC4)[nH]c23)c1. The number of nitrogens with one attached hydrogen (secondary N) is 2. The van der Waals surface area contributed by atoms with Crippen LogP contribution in [-0.2, 0) is 0 Å². The largest absolute Gasteiger partial charge is 0.339 e. The number of fused-ring (bicyclic) bond motifs is 3. The maximum atomic E-state index is 13.6. The first kappa shape index (κ1) is 17.1. The van der Waals surface area contributed by atoms with E-state index in [1.807, 2.05) is 24.3 Å². The van der Waals surface area contributed by atoms with Crippen molar-refractivity contribution in [3.63, 3.8) is 0 Å². The van der Waals surface area contributed by atoms with E-state index in [0.29, 0.717) is 17.4 Å². The molecule has 2 aromatic carbocycles. The van der Waals surface area contributed by atoms with Crippen molar-refractivity contribution in [3.05, 3.63) is 59.9 Å².